The summed E-state index contributed by atoms with van der Waals surface area (Å²) in [6.07, 6.45) is 4.30. The Balaban J connectivity index is 2.73. The van der Waals surface area contributed by atoms with Crippen LogP contribution in [0.25, 0.3) is 0 Å². The lowest BCUT2D eigenvalue weighted by Gasteiger charge is -2.05. The normalized spacial score (nSPS) is 10.1. The average Bonchev–Trinajstić information content (AvgIpc) is 2.15. The molecule has 0 saturated heterocycles. The standard InChI is InChI=1S/C11H15ClN2/c1-3-10-6-11(13)9(7-14-10)5-4-8(2)12/h6-7H,2-5H2,1H3,(H2,13,14). The molecule has 0 amide bonds. The zero-order valence-electron chi connectivity index (χ0n) is 8.39. The summed E-state index contributed by atoms with van der Waals surface area (Å²) in [7, 11) is 0. The van der Waals surface area contributed by atoms with E-state index in [0.717, 1.165) is 36.2 Å². The second-order valence-electron chi connectivity index (χ2n) is 3.25. The van der Waals surface area contributed by atoms with Gasteiger partial charge in [-0.15, -0.1) is 0 Å². The van der Waals surface area contributed by atoms with E-state index in [1.54, 1.807) is 0 Å². The second-order valence-corrected chi connectivity index (χ2v) is 3.78. The lowest BCUT2D eigenvalue weighted by molar-refractivity contribution is 0.957. The molecule has 1 rings (SSSR count). The minimum Gasteiger partial charge on any atom is -0.398 e. The Kier molecular flexibility index (Phi) is 3.96. The van der Waals surface area contributed by atoms with E-state index in [9.17, 15) is 0 Å². The molecule has 0 fully saturated rings. The number of anilines is 1. The van der Waals surface area contributed by atoms with E-state index in [1.807, 2.05) is 12.3 Å². The van der Waals surface area contributed by atoms with Crippen molar-refractivity contribution in [1.82, 2.24) is 4.98 Å². The maximum atomic E-state index is 5.87. The summed E-state index contributed by atoms with van der Waals surface area (Å²) in [5.41, 5.74) is 8.74. The largest absolute Gasteiger partial charge is 0.398 e. The molecular weight excluding hydrogens is 196 g/mol. The molecule has 1 heterocycles. The van der Waals surface area contributed by atoms with Crippen LogP contribution in [0, 0.1) is 0 Å². The summed E-state index contributed by atoms with van der Waals surface area (Å²) in [5.74, 6) is 0. The van der Waals surface area contributed by atoms with Crippen LogP contribution in [0.15, 0.2) is 23.9 Å². The average molecular weight is 211 g/mol. The first-order chi connectivity index (χ1) is 6.63. The number of allylic oxidation sites excluding steroid dienone is 1. The van der Waals surface area contributed by atoms with Gasteiger partial charge >= 0.3 is 0 Å². The van der Waals surface area contributed by atoms with Crippen LogP contribution in [-0.2, 0) is 12.8 Å². The van der Waals surface area contributed by atoms with Crippen molar-refractivity contribution in [2.45, 2.75) is 26.2 Å². The van der Waals surface area contributed by atoms with E-state index >= 15 is 0 Å². The molecule has 0 aliphatic heterocycles. The van der Waals surface area contributed by atoms with Gasteiger partial charge in [0.25, 0.3) is 0 Å². The number of halogens is 1. The minimum absolute atomic E-state index is 0.656. The van der Waals surface area contributed by atoms with Crippen molar-refractivity contribution >= 4 is 17.3 Å². The third kappa shape index (κ3) is 3.04. The van der Waals surface area contributed by atoms with Crippen LogP contribution in [0.5, 0.6) is 0 Å². The Morgan fingerprint density at radius 2 is 2.36 bits per heavy atom. The molecule has 0 spiro atoms. The topological polar surface area (TPSA) is 38.9 Å². The highest BCUT2D eigenvalue weighted by Crippen LogP contribution is 2.17. The second kappa shape index (κ2) is 5.01. The molecule has 0 radical (unpaired) electrons. The Bertz CT molecular complexity index is 334. The van der Waals surface area contributed by atoms with E-state index in [-0.39, 0.29) is 0 Å². The van der Waals surface area contributed by atoms with Crippen LogP contribution < -0.4 is 5.73 Å². The van der Waals surface area contributed by atoms with Crippen molar-refractivity contribution in [1.29, 1.82) is 0 Å². The van der Waals surface area contributed by atoms with Crippen molar-refractivity contribution < 1.29 is 0 Å². The number of aryl methyl sites for hydroxylation is 2. The number of nitrogen functional groups attached to an aromatic ring is 1. The highest BCUT2D eigenvalue weighted by atomic mass is 35.5. The zero-order valence-corrected chi connectivity index (χ0v) is 9.14. The number of hydrogen-bond acceptors (Lipinski definition) is 2. The fourth-order valence-corrected chi connectivity index (χ4v) is 1.31. The molecule has 76 valence electrons. The van der Waals surface area contributed by atoms with Crippen LogP contribution in [0.2, 0.25) is 0 Å². The Labute approximate surface area is 89.8 Å². The van der Waals surface area contributed by atoms with Crippen molar-refractivity contribution in [2.75, 3.05) is 5.73 Å². The molecule has 1 aromatic heterocycles. The number of nitrogens with two attached hydrogens (primary N) is 1. The maximum absolute atomic E-state index is 5.87. The third-order valence-electron chi connectivity index (χ3n) is 2.11. The SMILES string of the molecule is C=C(Cl)CCc1cnc(CC)cc1N. The molecule has 0 aromatic carbocycles. The summed E-state index contributed by atoms with van der Waals surface area (Å²) in [5, 5.41) is 0.656. The van der Waals surface area contributed by atoms with Gasteiger partial charge in [0, 0.05) is 22.6 Å². The summed E-state index contributed by atoms with van der Waals surface area (Å²) in [4.78, 5) is 4.28. The summed E-state index contributed by atoms with van der Waals surface area (Å²) >= 11 is 5.68. The number of aromatic nitrogens is 1. The van der Waals surface area contributed by atoms with Gasteiger partial charge in [-0.3, -0.25) is 4.98 Å². The Hall–Kier alpha value is -1.02. The van der Waals surface area contributed by atoms with Gasteiger partial charge in [0.05, 0.1) is 0 Å². The first-order valence-electron chi connectivity index (χ1n) is 4.70. The van der Waals surface area contributed by atoms with E-state index in [2.05, 4.69) is 18.5 Å². The van der Waals surface area contributed by atoms with Crippen molar-refractivity contribution in [3.05, 3.63) is 35.1 Å². The van der Waals surface area contributed by atoms with Gasteiger partial charge in [-0.25, -0.2) is 0 Å². The monoisotopic (exact) mass is 210 g/mol. The van der Waals surface area contributed by atoms with Crippen molar-refractivity contribution in [3.8, 4) is 0 Å². The first-order valence-corrected chi connectivity index (χ1v) is 5.07. The molecule has 0 saturated carbocycles. The van der Waals surface area contributed by atoms with Gasteiger partial charge in [-0.1, -0.05) is 25.1 Å². The molecule has 14 heavy (non-hydrogen) atoms. The Morgan fingerprint density at radius 1 is 1.64 bits per heavy atom. The smallest absolute Gasteiger partial charge is 0.0421 e. The molecule has 0 aliphatic carbocycles. The highest BCUT2D eigenvalue weighted by Gasteiger charge is 2.01. The molecule has 0 atom stereocenters. The van der Waals surface area contributed by atoms with Crippen LogP contribution in [-0.4, -0.2) is 4.98 Å². The number of nitrogens with zero attached hydrogens (tertiary/aromatic N) is 1. The van der Waals surface area contributed by atoms with Gasteiger partial charge in [0.15, 0.2) is 0 Å². The van der Waals surface area contributed by atoms with E-state index < -0.39 is 0 Å². The molecule has 3 heteroatoms. The fourth-order valence-electron chi connectivity index (χ4n) is 1.22. The van der Waals surface area contributed by atoms with E-state index in [0.29, 0.717) is 5.03 Å². The third-order valence-corrected chi connectivity index (χ3v) is 2.30. The summed E-state index contributed by atoms with van der Waals surface area (Å²) < 4.78 is 0. The first kappa shape index (κ1) is 11.1. The molecule has 0 bridgehead atoms. The van der Waals surface area contributed by atoms with E-state index in [4.69, 9.17) is 17.3 Å². The molecule has 0 unspecified atom stereocenters. The molecule has 2 nitrogen and oxygen atoms in total. The van der Waals surface area contributed by atoms with Crippen LogP contribution in [0.1, 0.15) is 24.6 Å². The molecular formula is C11H15ClN2. The Morgan fingerprint density at radius 3 is 2.86 bits per heavy atom. The summed E-state index contributed by atoms with van der Waals surface area (Å²) in [6, 6.07) is 1.92. The predicted octanol–water partition coefficient (Wildman–Crippen LogP) is 2.91. The number of rotatable bonds is 4. The molecule has 0 aliphatic rings. The minimum atomic E-state index is 0.656. The predicted molar refractivity (Wildman–Crippen MR) is 61.3 cm³/mol. The maximum Gasteiger partial charge on any atom is 0.0421 e. The van der Waals surface area contributed by atoms with Gasteiger partial charge < -0.3 is 5.73 Å². The highest BCUT2D eigenvalue weighted by molar-refractivity contribution is 6.29. The molecule has 1 aromatic rings. The number of hydrogen-bond donors (Lipinski definition) is 1. The van der Waals surface area contributed by atoms with Gasteiger partial charge in [-0.05, 0) is 30.9 Å². The van der Waals surface area contributed by atoms with Gasteiger partial charge in [-0.2, -0.15) is 0 Å². The quantitative estimate of drug-likeness (QED) is 0.830. The summed E-state index contributed by atoms with van der Waals surface area (Å²) in [6.45, 7) is 5.70. The van der Waals surface area contributed by atoms with Crippen molar-refractivity contribution in [3.63, 3.8) is 0 Å². The van der Waals surface area contributed by atoms with Crippen LogP contribution in [0.4, 0.5) is 5.69 Å². The van der Waals surface area contributed by atoms with Crippen LogP contribution in [0.3, 0.4) is 0 Å². The fraction of sp³-hybridized carbons (Fsp3) is 0.364. The van der Waals surface area contributed by atoms with Crippen molar-refractivity contribution in [2.24, 2.45) is 0 Å². The van der Waals surface area contributed by atoms with E-state index in [1.165, 1.54) is 0 Å². The van der Waals surface area contributed by atoms with Crippen LogP contribution >= 0.6 is 11.6 Å². The van der Waals surface area contributed by atoms with Gasteiger partial charge in [0.2, 0.25) is 0 Å². The lowest BCUT2D eigenvalue weighted by atomic mass is 10.1. The van der Waals surface area contributed by atoms with Gasteiger partial charge in [0.1, 0.15) is 0 Å². The lowest BCUT2D eigenvalue weighted by Crippen LogP contribution is -1.98. The zero-order chi connectivity index (χ0) is 10.6. The number of pyridine rings is 1. The molecule has 2 N–H and O–H groups in total.